The largest absolute Gasteiger partial charge is 0.347 e. The molecular weight excluding hydrogens is 290 g/mol. The van der Waals surface area contributed by atoms with Gasteiger partial charge in [0.2, 0.25) is 0 Å². The van der Waals surface area contributed by atoms with Crippen molar-refractivity contribution < 1.29 is 9.72 Å². The topological polar surface area (TPSA) is 84.3 Å². The van der Waals surface area contributed by atoms with Gasteiger partial charge in [0.15, 0.2) is 0 Å². The van der Waals surface area contributed by atoms with Crippen LogP contribution in [0.25, 0.3) is 10.1 Å². The number of nitro groups is 1. The first kappa shape index (κ1) is 14.0. The fourth-order valence-corrected chi connectivity index (χ4v) is 3.43. The molecule has 2 aromatic rings. The minimum atomic E-state index is -0.426. The van der Waals surface area contributed by atoms with Gasteiger partial charge < -0.3 is 10.6 Å². The first-order valence-corrected chi connectivity index (χ1v) is 7.65. The van der Waals surface area contributed by atoms with E-state index in [-0.39, 0.29) is 17.6 Å². The van der Waals surface area contributed by atoms with E-state index in [4.69, 9.17) is 0 Å². The standard InChI is InChI=1S/C14H15N3O3S/c18-14(16-10-2-1-5-15-8-10)13-7-9-6-11(17(19)20)3-4-12(9)21-13/h3-4,6-7,10,15H,1-2,5,8H2,(H,16,18). The molecule has 7 heteroatoms. The Labute approximate surface area is 125 Å². The summed E-state index contributed by atoms with van der Waals surface area (Å²) in [6, 6.07) is 6.54. The molecule has 0 aliphatic carbocycles. The highest BCUT2D eigenvalue weighted by atomic mass is 32.1. The van der Waals surface area contributed by atoms with Crippen molar-refractivity contribution in [2.45, 2.75) is 18.9 Å². The fourth-order valence-electron chi connectivity index (χ4n) is 2.49. The molecule has 110 valence electrons. The summed E-state index contributed by atoms with van der Waals surface area (Å²) in [5.41, 5.74) is 0.0451. The number of non-ortho nitro benzene ring substituents is 1. The monoisotopic (exact) mass is 305 g/mol. The molecule has 1 unspecified atom stereocenters. The molecule has 0 bridgehead atoms. The van der Waals surface area contributed by atoms with Crippen molar-refractivity contribution in [2.75, 3.05) is 13.1 Å². The van der Waals surface area contributed by atoms with Crippen LogP contribution < -0.4 is 10.6 Å². The van der Waals surface area contributed by atoms with Crippen LogP contribution in [0.1, 0.15) is 22.5 Å². The maximum Gasteiger partial charge on any atom is 0.270 e. The number of hydrogen-bond donors (Lipinski definition) is 2. The van der Waals surface area contributed by atoms with Gasteiger partial charge in [-0.2, -0.15) is 0 Å². The van der Waals surface area contributed by atoms with E-state index in [0.29, 0.717) is 4.88 Å². The maximum atomic E-state index is 12.2. The summed E-state index contributed by atoms with van der Waals surface area (Å²) in [5.74, 6) is -0.104. The van der Waals surface area contributed by atoms with Gasteiger partial charge in [-0.25, -0.2) is 0 Å². The van der Waals surface area contributed by atoms with Crippen molar-refractivity contribution in [3.05, 3.63) is 39.3 Å². The molecule has 1 aliphatic rings. The summed E-state index contributed by atoms with van der Waals surface area (Å²) in [4.78, 5) is 23.2. The third-order valence-corrected chi connectivity index (χ3v) is 4.68. The first-order valence-electron chi connectivity index (χ1n) is 6.83. The summed E-state index contributed by atoms with van der Waals surface area (Å²) in [6.07, 6.45) is 2.04. The number of carbonyl (C=O) groups is 1. The molecule has 1 amide bonds. The van der Waals surface area contributed by atoms with Gasteiger partial charge in [0.25, 0.3) is 11.6 Å². The van der Waals surface area contributed by atoms with Gasteiger partial charge in [0.05, 0.1) is 9.80 Å². The van der Waals surface area contributed by atoms with Crippen LogP contribution in [0.2, 0.25) is 0 Å². The Morgan fingerprint density at radius 3 is 3.00 bits per heavy atom. The van der Waals surface area contributed by atoms with Crippen LogP contribution in [-0.4, -0.2) is 30.0 Å². The van der Waals surface area contributed by atoms with Gasteiger partial charge in [-0.05, 0) is 31.5 Å². The third-order valence-electron chi connectivity index (χ3n) is 3.57. The zero-order valence-corrected chi connectivity index (χ0v) is 12.1. The van der Waals surface area contributed by atoms with Gasteiger partial charge >= 0.3 is 0 Å². The molecule has 3 rings (SSSR count). The van der Waals surface area contributed by atoms with Crippen LogP contribution in [0.4, 0.5) is 5.69 Å². The number of carbonyl (C=O) groups excluding carboxylic acids is 1. The van der Waals surface area contributed by atoms with Crippen molar-refractivity contribution >= 4 is 33.0 Å². The second-order valence-corrected chi connectivity index (χ2v) is 6.19. The van der Waals surface area contributed by atoms with Crippen LogP contribution in [0.15, 0.2) is 24.3 Å². The van der Waals surface area contributed by atoms with Crippen molar-refractivity contribution in [1.82, 2.24) is 10.6 Å². The van der Waals surface area contributed by atoms with Gasteiger partial charge in [-0.15, -0.1) is 11.3 Å². The number of fused-ring (bicyclic) bond motifs is 1. The van der Waals surface area contributed by atoms with E-state index in [1.165, 1.54) is 23.5 Å². The molecule has 21 heavy (non-hydrogen) atoms. The van der Waals surface area contributed by atoms with Crippen molar-refractivity contribution in [2.24, 2.45) is 0 Å². The predicted molar refractivity (Wildman–Crippen MR) is 81.8 cm³/mol. The first-order chi connectivity index (χ1) is 10.1. The van der Waals surface area contributed by atoms with Crippen LogP contribution in [-0.2, 0) is 0 Å². The summed E-state index contributed by atoms with van der Waals surface area (Å²) in [6.45, 7) is 1.79. The van der Waals surface area contributed by atoms with E-state index in [2.05, 4.69) is 10.6 Å². The van der Waals surface area contributed by atoms with Crippen LogP contribution in [0.5, 0.6) is 0 Å². The van der Waals surface area contributed by atoms with Crippen molar-refractivity contribution in [1.29, 1.82) is 0 Å². The summed E-state index contributed by atoms with van der Waals surface area (Å²) >= 11 is 1.36. The molecule has 1 aromatic carbocycles. The Balaban J connectivity index is 1.79. The Bertz CT molecular complexity index is 692. The SMILES string of the molecule is O=C(NC1CCCNC1)c1cc2cc([N+](=O)[O-])ccc2s1. The summed E-state index contributed by atoms with van der Waals surface area (Å²) in [5, 5.41) is 17.8. The van der Waals surface area contributed by atoms with Crippen LogP contribution >= 0.6 is 11.3 Å². The predicted octanol–water partition coefficient (Wildman–Crippen LogP) is 2.29. The van der Waals surface area contributed by atoms with Crippen LogP contribution in [0, 0.1) is 10.1 Å². The average molecular weight is 305 g/mol. The molecule has 0 spiro atoms. The number of rotatable bonds is 3. The molecule has 1 aliphatic heterocycles. The zero-order chi connectivity index (χ0) is 14.8. The number of nitrogens with one attached hydrogen (secondary N) is 2. The van der Waals surface area contributed by atoms with Gasteiger partial charge in [0.1, 0.15) is 0 Å². The van der Waals surface area contributed by atoms with Gasteiger partial charge in [0, 0.05) is 34.8 Å². The number of thiophene rings is 1. The third kappa shape index (κ3) is 3.03. The Kier molecular flexibility index (Phi) is 3.85. The zero-order valence-electron chi connectivity index (χ0n) is 11.3. The van der Waals surface area contributed by atoms with E-state index in [0.717, 1.165) is 36.0 Å². The Morgan fingerprint density at radius 2 is 2.29 bits per heavy atom. The highest BCUT2D eigenvalue weighted by Gasteiger charge is 2.18. The molecule has 6 nitrogen and oxygen atoms in total. The Morgan fingerprint density at radius 1 is 1.43 bits per heavy atom. The lowest BCUT2D eigenvalue weighted by molar-refractivity contribution is -0.384. The number of benzene rings is 1. The highest BCUT2D eigenvalue weighted by molar-refractivity contribution is 7.20. The number of hydrogen-bond acceptors (Lipinski definition) is 5. The minimum Gasteiger partial charge on any atom is -0.347 e. The summed E-state index contributed by atoms with van der Waals surface area (Å²) < 4.78 is 0.882. The van der Waals surface area contributed by atoms with Gasteiger partial charge in [-0.1, -0.05) is 0 Å². The number of piperidine rings is 1. The number of amides is 1. The number of nitro benzene ring substituents is 1. The minimum absolute atomic E-state index is 0.0451. The lowest BCUT2D eigenvalue weighted by atomic mass is 10.1. The lowest BCUT2D eigenvalue weighted by Gasteiger charge is -2.23. The van der Waals surface area contributed by atoms with Crippen LogP contribution in [0.3, 0.4) is 0 Å². The molecule has 1 atom stereocenters. The van der Waals surface area contributed by atoms with Crippen molar-refractivity contribution in [3.8, 4) is 0 Å². The van der Waals surface area contributed by atoms with Gasteiger partial charge in [-0.3, -0.25) is 14.9 Å². The molecular formula is C14H15N3O3S. The highest BCUT2D eigenvalue weighted by Crippen LogP contribution is 2.29. The average Bonchev–Trinajstić information content (AvgIpc) is 2.91. The smallest absolute Gasteiger partial charge is 0.270 e. The van der Waals surface area contributed by atoms with E-state index in [1.807, 2.05) is 0 Å². The second-order valence-electron chi connectivity index (χ2n) is 5.11. The number of nitrogens with zero attached hydrogens (tertiary/aromatic N) is 1. The summed E-state index contributed by atoms with van der Waals surface area (Å²) in [7, 11) is 0. The van der Waals surface area contributed by atoms with Crippen molar-refractivity contribution in [3.63, 3.8) is 0 Å². The fraction of sp³-hybridized carbons (Fsp3) is 0.357. The molecule has 2 heterocycles. The van der Waals surface area contributed by atoms with E-state index in [9.17, 15) is 14.9 Å². The lowest BCUT2D eigenvalue weighted by Crippen LogP contribution is -2.45. The molecule has 2 N–H and O–H groups in total. The maximum absolute atomic E-state index is 12.2. The van der Waals surface area contributed by atoms with E-state index >= 15 is 0 Å². The van der Waals surface area contributed by atoms with E-state index < -0.39 is 4.92 Å². The Hall–Kier alpha value is -1.99. The normalized spacial score (nSPS) is 18.6. The molecule has 0 saturated carbocycles. The quantitative estimate of drug-likeness (QED) is 0.673. The molecule has 1 saturated heterocycles. The van der Waals surface area contributed by atoms with E-state index in [1.54, 1.807) is 12.1 Å². The molecule has 1 fully saturated rings. The second kappa shape index (κ2) is 5.79. The molecule has 1 aromatic heterocycles. The molecule has 0 radical (unpaired) electrons.